The van der Waals surface area contributed by atoms with E-state index in [1.807, 2.05) is 4.90 Å². The number of piperazine rings is 1. The minimum Gasteiger partial charge on any atom is -0.348 e. The second kappa shape index (κ2) is 4.67. The van der Waals surface area contributed by atoms with Crippen molar-refractivity contribution in [3.05, 3.63) is 27.9 Å². The normalized spacial score (nSPS) is 17.2. The van der Waals surface area contributed by atoms with Crippen LogP contribution < -0.4 is 4.90 Å². The van der Waals surface area contributed by atoms with E-state index >= 15 is 0 Å². The molecule has 0 spiro atoms. The molecule has 2 rings (SSSR count). The highest BCUT2D eigenvalue weighted by Gasteiger charge is 2.25. The number of nitro groups is 1. The summed E-state index contributed by atoms with van der Waals surface area (Å²) in [4.78, 5) is 19.1. The molecule has 1 saturated heterocycles. The van der Waals surface area contributed by atoms with Crippen LogP contribution in [-0.2, 0) is 0 Å². The Kier molecular flexibility index (Phi) is 3.23. The van der Waals surface area contributed by atoms with Crippen LogP contribution in [0.2, 0.25) is 0 Å². The standard InChI is InChI=1S/C11H16N4O2/c1-9-3-4-12-11(10(9)15(16)17)14-7-5-13(2)6-8-14/h3-4H,5-8H2,1-2H3. The number of likely N-dealkylation sites (N-methyl/N-ethyl adjacent to an activating group) is 1. The van der Waals surface area contributed by atoms with Crippen molar-refractivity contribution in [3.63, 3.8) is 0 Å². The summed E-state index contributed by atoms with van der Waals surface area (Å²) in [5, 5.41) is 11.1. The van der Waals surface area contributed by atoms with Crippen LogP contribution in [-0.4, -0.2) is 48.0 Å². The van der Waals surface area contributed by atoms with Gasteiger partial charge in [-0.25, -0.2) is 4.98 Å². The number of aryl methyl sites for hydroxylation is 1. The Morgan fingerprint density at radius 2 is 2.00 bits per heavy atom. The number of aromatic nitrogens is 1. The third kappa shape index (κ3) is 2.36. The molecule has 0 aromatic carbocycles. The van der Waals surface area contributed by atoms with Crippen LogP contribution in [0.1, 0.15) is 5.56 Å². The predicted molar refractivity (Wildman–Crippen MR) is 65.3 cm³/mol. The van der Waals surface area contributed by atoms with E-state index in [0.717, 1.165) is 26.2 Å². The monoisotopic (exact) mass is 236 g/mol. The summed E-state index contributed by atoms with van der Waals surface area (Å²) in [6, 6.07) is 1.68. The summed E-state index contributed by atoms with van der Waals surface area (Å²) < 4.78 is 0. The zero-order valence-corrected chi connectivity index (χ0v) is 10.1. The van der Waals surface area contributed by atoms with E-state index in [1.54, 1.807) is 19.2 Å². The van der Waals surface area contributed by atoms with Crippen molar-refractivity contribution in [3.8, 4) is 0 Å². The Morgan fingerprint density at radius 3 is 2.59 bits per heavy atom. The van der Waals surface area contributed by atoms with Gasteiger partial charge in [-0.3, -0.25) is 10.1 Å². The van der Waals surface area contributed by atoms with E-state index in [9.17, 15) is 10.1 Å². The van der Waals surface area contributed by atoms with Crippen LogP contribution in [0.3, 0.4) is 0 Å². The van der Waals surface area contributed by atoms with Crippen molar-refractivity contribution in [2.45, 2.75) is 6.92 Å². The van der Waals surface area contributed by atoms with Crippen LogP contribution in [0.25, 0.3) is 0 Å². The SMILES string of the molecule is Cc1ccnc(N2CCN(C)CC2)c1[N+](=O)[O-]. The van der Waals surface area contributed by atoms with Crippen molar-refractivity contribution in [2.75, 3.05) is 38.1 Å². The topological polar surface area (TPSA) is 62.5 Å². The Labute approximate surface area is 100 Å². The van der Waals surface area contributed by atoms with Gasteiger partial charge in [0.15, 0.2) is 0 Å². The molecular weight excluding hydrogens is 220 g/mol. The Balaban J connectivity index is 2.32. The Hall–Kier alpha value is -1.69. The third-order valence-electron chi connectivity index (χ3n) is 3.09. The molecule has 0 amide bonds. The molecule has 1 fully saturated rings. The zero-order chi connectivity index (χ0) is 12.4. The summed E-state index contributed by atoms with van der Waals surface area (Å²) in [5.74, 6) is 0.503. The fraction of sp³-hybridized carbons (Fsp3) is 0.545. The van der Waals surface area contributed by atoms with Crippen molar-refractivity contribution < 1.29 is 4.92 Å². The molecule has 6 heteroatoms. The van der Waals surface area contributed by atoms with Crippen LogP contribution >= 0.6 is 0 Å². The van der Waals surface area contributed by atoms with Gasteiger partial charge in [-0.05, 0) is 20.0 Å². The molecule has 0 N–H and O–H groups in total. The molecule has 0 bridgehead atoms. The lowest BCUT2D eigenvalue weighted by molar-refractivity contribution is -0.384. The van der Waals surface area contributed by atoms with Gasteiger partial charge < -0.3 is 9.80 Å². The number of rotatable bonds is 2. The second-order valence-electron chi connectivity index (χ2n) is 4.35. The first-order valence-corrected chi connectivity index (χ1v) is 5.63. The summed E-state index contributed by atoms with van der Waals surface area (Å²) in [7, 11) is 2.05. The highest BCUT2D eigenvalue weighted by atomic mass is 16.6. The van der Waals surface area contributed by atoms with Gasteiger partial charge in [0.1, 0.15) is 0 Å². The lowest BCUT2D eigenvalue weighted by atomic mass is 10.2. The van der Waals surface area contributed by atoms with Crippen molar-refractivity contribution in [1.29, 1.82) is 0 Å². The molecule has 1 aliphatic rings. The zero-order valence-electron chi connectivity index (χ0n) is 10.1. The van der Waals surface area contributed by atoms with Crippen LogP contribution in [0.5, 0.6) is 0 Å². The molecule has 6 nitrogen and oxygen atoms in total. The molecule has 92 valence electrons. The fourth-order valence-corrected chi connectivity index (χ4v) is 2.01. The number of hydrogen-bond acceptors (Lipinski definition) is 5. The van der Waals surface area contributed by atoms with Gasteiger partial charge >= 0.3 is 5.69 Å². The minimum absolute atomic E-state index is 0.136. The highest BCUT2D eigenvalue weighted by Crippen LogP contribution is 2.29. The van der Waals surface area contributed by atoms with Crippen LogP contribution in [0.4, 0.5) is 11.5 Å². The lowest BCUT2D eigenvalue weighted by Crippen LogP contribution is -2.45. The number of pyridine rings is 1. The van der Waals surface area contributed by atoms with Crippen molar-refractivity contribution in [2.24, 2.45) is 0 Å². The van der Waals surface area contributed by atoms with Gasteiger partial charge in [-0.1, -0.05) is 0 Å². The molecule has 2 heterocycles. The minimum atomic E-state index is -0.337. The Bertz CT molecular complexity index is 427. The van der Waals surface area contributed by atoms with Crippen molar-refractivity contribution in [1.82, 2.24) is 9.88 Å². The largest absolute Gasteiger partial charge is 0.348 e. The summed E-state index contributed by atoms with van der Waals surface area (Å²) in [6.07, 6.45) is 1.63. The third-order valence-corrected chi connectivity index (χ3v) is 3.09. The van der Waals surface area contributed by atoms with Gasteiger partial charge in [0, 0.05) is 37.9 Å². The first-order chi connectivity index (χ1) is 8.09. The molecule has 1 aromatic heterocycles. The van der Waals surface area contributed by atoms with Crippen LogP contribution in [0.15, 0.2) is 12.3 Å². The summed E-state index contributed by atoms with van der Waals surface area (Å²) in [6.45, 7) is 5.14. The lowest BCUT2D eigenvalue weighted by Gasteiger charge is -2.32. The maximum Gasteiger partial charge on any atom is 0.314 e. The molecule has 1 aliphatic heterocycles. The average molecular weight is 236 g/mol. The second-order valence-corrected chi connectivity index (χ2v) is 4.35. The van der Waals surface area contributed by atoms with E-state index in [4.69, 9.17) is 0 Å². The first-order valence-electron chi connectivity index (χ1n) is 5.63. The molecule has 0 saturated carbocycles. The van der Waals surface area contributed by atoms with E-state index in [1.165, 1.54) is 0 Å². The van der Waals surface area contributed by atoms with E-state index in [-0.39, 0.29) is 10.6 Å². The average Bonchev–Trinajstić information content (AvgIpc) is 2.29. The Morgan fingerprint density at radius 1 is 1.35 bits per heavy atom. The maximum atomic E-state index is 11.1. The number of anilines is 1. The first kappa shape index (κ1) is 11.8. The number of hydrogen-bond donors (Lipinski definition) is 0. The predicted octanol–water partition coefficient (Wildman–Crippen LogP) is 1.05. The van der Waals surface area contributed by atoms with Gasteiger partial charge in [0.2, 0.25) is 5.82 Å². The molecule has 0 atom stereocenters. The molecule has 0 radical (unpaired) electrons. The van der Waals surface area contributed by atoms with E-state index < -0.39 is 0 Å². The number of nitrogens with zero attached hydrogens (tertiary/aromatic N) is 4. The van der Waals surface area contributed by atoms with Crippen LogP contribution in [0, 0.1) is 17.0 Å². The van der Waals surface area contributed by atoms with Gasteiger partial charge in [0.25, 0.3) is 0 Å². The smallest absolute Gasteiger partial charge is 0.314 e. The van der Waals surface area contributed by atoms with Crippen molar-refractivity contribution >= 4 is 11.5 Å². The summed E-state index contributed by atoms with van der Waals surface area (Å²) >= 11 is 0. The molecule has 1 aromatic rings. The van der Waals surface area contributed by atoms with E-state index in [0.29, 0.717) is 11.4 Å². The maximum absolute atomic E-state index is 11.1. The highest BCUT2D eigenvalue weighted by molar-refractivity contribution is 5.61. The van der Waals surface area contributed by atoms with Gasteiger partial charge in [0.05, 0.1) is 4.92 Å². The molecule has 0 aliphatic carbocycles. The quantitative estimate of drug-likeness (QED) is 0.567. The summed E-state index contributed by atoms with van der Waals surface area (Å²) in [5.41, 5.74) is 0.802. The van der Waals surface area contributed by atoms with E-state index in [2.05, 4.69) is 16.9 Å². The molecule has 17 heavy (non-hydrogen) atoms. The van der Waals surface area contributed by atoms with Gasteiger partial charge in [-0.15, -0.1) is 0 Å². The molecular formula is C11H16N4O2. The molecule has 0 unspecified atom stereocenters. The van der Waals surface area contributed by atoms with Gasteiger partial charge in [-0.2, -0.15) is 0 Å². The fourth-order valence-electron chi connectivity index (χ4n) is 2.01.